The SMILES string of the molecule is Cn1cc2cc(-c3cc(F)c4cc(C5CCNCC5)nnc4c3)cc(F)c2n1. The Balaban J connectivity index is 1.59. The molecule has 2 aromatic heterocycles. The first-order valence-corrected chi connectivity index (χ1v) is 9.39. The van der Waals surface area contributed by atoms with Crippen LogP contribution in [0.5, 0.6) is 0 Å². The summed E-state index contributed by atoms with van der Waals surface area (Å²) in [6.07, 6.45) is 3.69. The predicted octanol–water partition coefficient (Wildman–Crippen LogP) is 3.93. The van der Waals surface area contributed by atoms with Gasteiger partial charge >= 0.3 is 0 Å². The highest BCUT2D eigenvalue weighted by Gasteiger charge is 2.19. The van der Waals surface area contributed by atoms with E-state index in [4.69, 9.17) is 0 Å². The largest absolute Gasteiger partial charge is 0.317 e. The topological polar surface area (TPSA) is 55.6 Å². The van der Waals surface area contributed by atoms with Crippen LogP contribution in [0.1, 0.15) is 24.5 Å². The number of nitrogens with zero attached hydrogens (tertiary/aromatic N) is 4. The molecule has 5 rings (SSSR count). The van der Waals surface area contributed by atoms with E-state index in [-0.39, 0.29) is 5.82 Å². The van der Waals surface area contributed by atoms with Gasteiger partial charge in [0, 0.05) is 29.9 Å². The number of fused-ring (bicyclic) bond motifs is 2. The van der Waals surface area contributed by atoms with Gasteiger partial charge in [0.1, 0.15) is 11.3 Å². The summed E-state index contributed by atoms with van der Waals surface area (Å²) in [4.78, 5) is 0. The van der Waals surface area contributed by atoms with Gasteiger partial charge in [-0.15, -0.1) is 0 Å². The second-order valence-corrected chi connectivity index (χ2v) is 7.38. The van der Waals surface area contributed by atoms with Gasteiger partial charge < -0.3 is 5.32 Å². The second kappa shape index (κ2) is 6.60. The average molecular weight is 379 g/mol. The molecule has 2 aromatic carbocycles. The molecule has 0 amide bonds. The maximum atomic E-state index is 14.9. The lowest BCUT2D eigenvalue weighted by atomic mass is 9.93. The minimum Gasteiger partial charge on any atom is -0.317 e. The van der Waals surface area contributed by atoms with E-state index in [9.17, 15) is 8.78 Å². The standard InChI is InChI=1S/C21H19F2N5/c1-28-11-15-6-13(8-18(23)21(15)27-28)14-7-17(22)16-10-19(25-26-20(16)9-14)12-2-4-24-5-3-12/h6-12,24H,2-5H2,1H3. The molecule has 4 aromatic rings. The van der Waals surface area contributed by atoms with Gasteiger partial charge in [0.15, 0.2) is 5.82 Å². The van der Waals surface area contributed by atoms with Crippen molar-refractivity contribution in [2.75, 3.05) is 13.1 Å². The van der Waals surface area contributed by atoms with E-state index < -0.39 is 5.82 Å². The van der Waals surface area contributed by atoms with E-state index >= 15 is 0 Å². The zero-order valence-corrected chi connectivity index (χ0v) is 15.4. The molecule has 0 spiro atoms. The minimum absolute atomic E-state index is 0.305. The molecule has 0 bridgehead atoms. The van der Waals surface area contributed by atoms with Crippen molar-refractivity contribution in [1.82, 2.24) is 25.3 Å². The Morgan fingerprint density at radius 1 is 0.964 bits per heavy atom. The van der Waals surface area contributed by atoms with Crippen LogP contribution in [0.25, 0.3) is 32.9 Å². The molecule has 1 N–H and O–H groups in total. The molecule has 0 radical (unpaired) electrons. The van der Waals surface area contributed by atoms with Crippen molar-refractivity contribution in [3.05, 3.63) is 53.9 Å². The maximum absolute atomic E-state index is 14.9. The summed E-state index contributed by atoms with van der Waals surface area (Å²) < 4.78 is 30.9. The van der Waals surface area contributed by atoms with Crippen LogP contribution in [0.3, 0.4) is 0 Å². The van der Waals surface area contributed by atoms with Crippen molar-refractivity contribution in [2.24, 2.45) is 7.05 Å². The molecule has 0 saturated carbocycles. The first-order chi connectivity index (χ1) is 13.6. The Morgan fingerprint density at radius 3 is 2.54 bits per heavy atom. The predicted molar refractivity (Wildman–Crippen MR) is 104 cm³/mol. The lowest BCUT2D eigenvalue weighted by Gasteiger charge is -2.21. The summed E-state index contributed by atoms with van der Waals surface area (Å²) >= 11 is 0. The van der Waals surface area contributed by atoms with Crippen LogP contribution < -0.4 is 5.32 Å². The van der Waals surface area contributed by atoms with E-state index in [1.807, 2.05) is 12.1 Å². The number of benzene rings is 2. The Kier molecular flexibility index (Phi) is 4.05. The zero-order valence-electron chi connectivity index (χ0n) is 15.4. The van der Waals surface area contributed by atoms with E-state index in [1.165, 1.54) is 12.1 Å². The van der Waals surface area contributed by atoms with Crippen LogP contribution in [-0.2, 0) is 7.05 Å². The van der Waals surface area contributed by atoms with Crippen LogP contribution in [0.4, 0.5) is 8.78 Å². The van der Waals surface area contributed by atoms with Gasteiger partial charge in [-0.25, -0.2) is 8.78 Å². The zero-order chi connectivity index (χ0) is 19.3. The van der Waals surface area contributed by atoms with Gasteiger partial charge in [0.2, 0.25) is 0 Å². The first-order valence-electron chi connectivity index (χ1n) is 9.39. The molecule has 0 aliphatic carbocycles. The summed E-state index contributed by atoms with van der Waals surface area (Å²) in [6.45, 7) is 1.88. The third kappa shape index (κ3) is 2.92. The summed E-state index contributed by atoms with van der Waals surface area (Å²) in [5, 5.41) is 17.2. The molecule has 3 heterocycles. The van der Waals surface area contributed by atoms with Crippen LogP contribution >= 0.6 is 0 Å². The Bertz CT molecular complexity index is 1190. The third-order valence-electron chi connectivity index (χ3n) is 5.44. The third-order valence-corrected chi connectivity index (χ3v) is 5.44. The van der Waals surface area contributed by atoms with Crippen molar-refractivity contribution in [2.45, 2.75) is 18.8 Å². The number of aryl methyl sites for hydroxylation is 1. The summed E-state index contributed by atoms with van der Waals surface area (Å²) in [6, 6.07) is 8.19. The summed E-state index contributed by atoms with van der Waals surface area (Å²) in [7, 11) is 1.74. The first kappa shape index (κ1) is 17.2. The monoisotopic (exact) mass is 379 g/mol. The van der Waals surface area contributed by atoms with Crippen LogP contribution in [0.15, 0.2) is 36.5 Å². The van der Waals surface area contributed by atoms with E-state index in [1.54, 1.807) is 24.0 Å². The molecule has 5 nitrogen and oxygen atoms in total. The number of hydrogen-bond acceptors (Lipinski definition) is 4. The number of rotatable bonds is 2. The normalized spacial score (nSPS) is 15.5. The Hall–Kier alpha value is -2.93. The molecule has 28 heavy (non-hydrogen) atoms. The molecular weight excluding hydrogens is 360 g/mol. The lowest BCUT2D eigenvalue weighted by Crippen LogP contribution is -2.27. The fraction of sp³-hybridized carbons (Fsp3) is 0.286. The fourth-order valence-corrected chi connectivity index (χ4v) is 3.98. The number of hydrogen-bond donors (Lipinski definition) is 1. The Labute approximate surface area is 160 Å². The van der Waals surface area contributed by atoms with Crippen molar-refractivity contribution >= 4 is 21.8 Å². The second-order valence-electron chi connectivity index (χ2n) is 7.38. The molecular formula is C21H19F2N5. The lowest BCUT2D eigenvalue weighted by molar-refractivity contribution is 0.451. The average Bonchev–Trinajstić information content (AvgIpc) is 3.09. The minimum atomic E-state index is -0.430. The fourth-order valence-electron chi connectivity index (χ4n) is 3.98. The molecule has 1 saturated heterocycles. The van der Waals surface area contributed by atoms with Gasteiger partial charge in [-0.05, 0) is 67.4 Å². The Morgan fingerprint density at radius 2 is 1.71 bits per heavy atom. The number of nitrogens with one attached hydrogen (secondary N) is 1. The highest BCUT2D eigenvalue weighted by molar-refractivity contribution is 5.89. The molecule has 7 heteroatoms. The van der Waals surface area contributed by atoms with Crippen molar-refractivity contribution in [3.8, 4) is 11.1 Å². The van der Waals surface area contributed by atoms with E-state index in [2.05, 4.69) is 20.6 Å². The highest BCUT2D eigenvalue weighted by Crippen LogP contribution is 2.31. The van der Waals surface area contributed by atoms with Crippen LogP contribution in [0.2, 0.25) is 0 Å². The number of aromatic nitrogens is 4. The smallest absolute Gasteiger partial charge is 0.151 e. The van der Waals surface area contributed by atoms with Crippen LogP contribution in [0, 0.1) is 11.6 Å². The van der Waals surface area contributed by atoms with E-state index in [0.717, 1.165) is 31.6 Å². The quantitative estimate of drug-likeness (QED) is 0.573. The molecule has 0 atom stereocenters. The van der Waals surface area contributed by atoms with Gasteiger partial charge in [-0.3, -0.25) is 4.68 Å². The number of piperidine rings is 1. The molecule has 0 unspecified atom stereocenters. The highest BCUT2D eigenvalue weighted by atomic mass is 19.1. The molecule has 1 aliphatic heterocycles. The molecule has 1 fully saturated rings. The summed E-state index contributed by atoms with van der Waals surface area (Å²) in [5.74, 6) is -0.496. The van der Waals surface area contributed by atoms with Gasteiger partial charge in [-0.2, -0.15) is 15.3 Å². The van der Waals surface area contributed by atoms with Crippen molar-refractivity contribution in [1.29, 1.82) is 0 Å². The molecule has 142 valence electrons. The van der Waals surface area contributed by atoms with Crippen molar-refractivity contribution in [3.63, 3.8) is 0 Å². The maximum Gasteiger partial charge on any atom is 0.151 e. The van der Waals surface area contributed by atoms with Gasteiger partial charge in [0.05, 0.1) is 11.2 Å². The number of halogens is 2. The van der Waals surface area contributed by atoms with Gasteiger partial charge in [0.25, 0.3) is 0 Å². The van der Waals surface area contributed by atoms with Crippen LogP contribution in [-0.4, -0.2) is 33.1 Å². The summed E-state index contributed by atoms with van der Waals surface area (Å²) in [5.41, 5.74) is 2.77. The molecule has 1 aliphatic rings. The van der Waals surface area contributed by atoms with Gasteiger partial charge in [-0.1, -0.05) is 0 Å². The van der Waals surface area contributed by atoms with E-state index in [0.29, 0.717) is 38.9 Å². The van der Waals surface area contributed by atoms with Crippen molar-refractivity contribution < 1.29 is 8.78 Å².